The third-order valence-corrected chi connectivity index (χ3v) is 2.57. The summed E-state index contributed by atoms with van der Waals surface area (Å²) in [7, 11) is 0. The Morgan fingerprint density at radius 3 is 2.81 bits per heavy atom. The molecule has 1 saturated carbocycles. The van der Waals surface area contributed by atoms with Crippen molar-refractivity contribution >= 4 is 23.3 Å². The molecule has 82 valence electrons. The van der Waals surface area contributed by atoms with Gasteiger partial charge in [0.05, 0.1) is 10.6 Å². The first-order chi connectivity index (χ1) is 7.69. The van der Waals surface area contributed by atoms with Crippen molar-refractivity contribution in [2.75, 3.05) is 5.32 Å². The maximum absolute atomic E-state index is 11.4. The van der Waals surface area contributed by atoms with Crippen LogP contribution in [0.5, 0.6) is 0 Å². The van der Waals surface area contributed by atoms with Crippen molar-refractivity contribution in [3.63, 3.8) is 0 Å². The van der Waals surface area contributed by atoms with Crippen molar-refractivity contribution < 1.29 is 4.79 Å². The van der Waals surface area contributed by atoms with E-state index in [0.29, 0.717) is 22.3 Å². The molecule has 2 amide bonds. The van der Waals surface area contributed by atoms with Gasteiger partial charge in [-0.2, -0.15) is 5.26 Å². The first-order valence-corrected chi connectivity index (χ1v) is 5.34. The van der Waals surface area contributed by atoms with E-state index in [-0.39, 0.29) is 6.03 Å². The molecule has 4 nitrogen and oxygen atoms in total. The molecule has 16 heavy (non-hydrogen) atoms. The molecule has 0 atom stereocenters. The van der Waals surface area contributed by atoms with Gasteiger partial charge in [0.25, 0.3) is 0 Å². The maximum Gasteiger partial charge on any atom is 0.319 e. The van der Waals surface area contributed by atoms with Crippen molar-refractivity contribution in [1.29, 1.82) is 5.26 Å². The fourth-order valence-electron chi connectivity index (χ4n) is 1.26. The minimum absolute atomic E-state index is 0.233. The van der Waals surface area contributed by atoms with E-state index in [4.69, 9.17) is 16.9 Å². The van der Waals surface area contributed by atoms with Gasteiger partial charge in [-0.3, -0.25) is 0 Å². The van der Waals surface area contributed by atoms with Gasteiger partial charge in [0, 0.05) is 11.7 Å². The number of benzene rings is 1. The summed E-state index contributed by atoms with van der Waals surface area (Å²) in [5.74, 6) is 0. The number of halogens is 1. The summed E-state index contributed by atoms with van der Waals surface area (Å²) in [5, 5.41) is 14.5. The third-order valence-electron chi connectivity index (χ3n) is 2.26. The normalized spacial score (nSPS) is 14.0. The van der Waals surface area contributed by atoms with E-state index in [1.54, 1.807) is 18.2 Å². The molecule has 5 heteroatoms. The van der Waals surface area contributed by atoms with Gasteiger partial charge in [-0.1, -0.05) is 11.6 Å². The zero-order chi connectivity index (χ0) is 11.5. The number of nitriles is 1. The topological polar surface area (TPSA) is 64.9 Å². The highest BCUT2D eigenvalue weighted by Crippen LogP contribution is 2.21. The predicted molar refractivity (Wildman–Crippen MR) is 61.3 cm³/mol. The molecule has 0 heterocycles. The molecule has 0 saturated heterocycles. The Bertz CT molecular complexity index is 463. The molecule has 2 N–H and O–H groups in total. The number of amides is 2. The molecule has 0 spiro atoms. The highest BCUT2D eigenvalue weighted by atomic mass is 35.5. The quantitative estimate of drug-likeness (QED) is 0.827. The lowest BCUT2D eigenvalue weighted by molar-refractivity contribution is 0.251. The van der Waals surface area contributed by atoms with Crippen molar-refractivity contribution in [2.45, 2.75) is 18.9 Å². The van der Waals surface area contributed by atoms with Gasteiger partial charge < -0.3 is 10.6 Å². The van der Waals surface area contributed by atoms with Crippen LogP contribution < -0.4 is 10.6 Å². The lowest BCUT2D eigenvalue weighted by Crippen LogP contribution is -2.30. The van der Waals surface area contributed by atoms with Crippen LogP contribution in [-0.4, -0.2) is 12.1 Å². The van der Waals surface area contributed by atoms with Crippen molar-refractivity contribution in [3.05, 3.63) is 28.8 Å². The first-order valence-electron chi connectivity index (χ1n) is 4.96. The van der Waals surface area contributed by atoms with E-state index in [0.717, 1.165) is 12.8 Å². The van der Waals surface area contributed by atoms with Crippen molar-refractivity contribution in [3.8, 4) is 6.07 Å². The molecule has 0 radical (unpaired) electrons. The minimum atomic E-state index is -0.233. The Hall–Kier alpha value is -1.73. The summed E-state index contributed by atoms with van der Waals surface area (Å²) in [5.41, 5.74) is 0.983. The lowest BCUT2D eigenvalue weighted by Gasteiger charge is -2.07. The number of rotatable bonds is 2. The second-order valence-corrected chi connectivity index (χ2v) is 4.09. The second-order valence-electron chi connectivity index (χ2n) is 3.68. The van der Waals surface area contributed by atoms with Gasteiger partial charge in [-0.05, 0) is 31.0 Å². The van der Waals surface area contributed by atoms with E-state index in [9.17, 15) is 4.79 Å². The average Bonchev–Trinajstić information content (AvgIpc) is 3.01. The van der Waals surface area contributed by atoms with Gasteiger partial charge in [0.2, 0.25) is 0 Å². The Morgan fingerprint density at radius 1 is 1.50 bits per heavy atom. The van der Waals surface area contributed by atoms with Crippen LogP contribution in [0.1, 0.15) is 18.4 Å². The molecule has 1 aliphatic carbocycles. The summed E-state index contributed by atoms with van der Waals surface area (Å²) >= 11 is 5.84. The third kappa shape index (κ3) is 2.65. The Morgan fingerprint density at radius 2 is 2.25 bits per heavy atom. The van der Waals surface area contributed by atoms with Crippen LogP contribution >= 0.6 is 11.6 Å². The number of nitrogens with one attached hydrogen (secondary N) is 2. The highest BCUT2D eigenvalue weighted by Gasteiger charge is 2.23. The van der Waals surface area contributed by atoms with Gasteiger partial charge in [0.15, 0.2) is 0 Å². The minimum Gasteiger partial charge on any atom is -0.335 e. The number of anilines is 1. The molecule has 1 aromatic rings. The van der Waals surface area contributed by atoms with Crippen LogP contribution in [0.25, 0.3) is 0 Å². The Balaban J connectivity index is 2.01. The van der Waals surface area contributed by atoms with Crippen LogP contribution in [-0.2, 0) is 0 Å². The summed E-state index contributed by atoms with van der Waals surface area (Å²) in [6.45, 7) is 0. The van der Waals surface area contributed by atoms with Gasteiger partial charge >= 0.3 is 6.03 Å². The summed E-state index contributed by atoms with van der Waals surface area (Å²) in [6, 6.07) is 6.83. The second kappa shape index (κ2) is 4.42. The molecule has 0 aromatic heterocycles. The monoisotopic (exact) mass is 235 g/mol. The Labute approximate surface area is 98.2 Å². The van der Waals surface area contributed by atoms with Crippen LogP contribution in [0, 0.1) is 11.3 Å². The van der Waals surface area contributed by atoms with Gasteiger partial charge in [-0.15, -0.1) is 0 Å². The van der Waals surface area contributed by atoms with Gasteiger partial charge in [-0.25, -0.2) is 4.79 Å². The number of nitrogens with zero attached hydrogens (tertiary/aromatic N) is 1. The van der Waals surface area contributed by atoms with Crippen LogP contribution in [0.15, 0.2) is 18.2 Å². The number of urea groups is 1. The SMILES string of the molecule is N#Cc1ccc(NC(=O)NC2CC2)cc1Cl. The van der Waals surface area contributed by atoms with Crippen molar-refractivity contribution in [2.24, 2.45) is 0 Å². The number of carbonyl (C=O) groups is 1. The fraction of sp³-hybridized carbons (Fsp3) is 0.273. The van der Waals surface area contributed by atoms with Crippen LogP contribution in [0.2, 0.25) is 5.02 Å². The summed E-state index contributed by atoms with van der Waals surface area (Å²) in [6.07, 6.45) is 2.09. The highest BCUT2D eigenvalue weighted by molar-refractivity contribution is 6.32. The smallest absolute Gasteiger partial charge is 0.319 e. The summed E-state index contributed by atoms with van der Waals surface area (Å²) in [4.78, 5) is 11.4. The number of carbonyl (C=O) groups excluding carboxylic acids is 1. The van der Waals surface area contributed by atoms with E-state index in [1.807, 2.05) is 6.07 Å². The predicted octanol–water partition coefficient (Wildman–Crippen LogP) is 2.50. The first kappa shape index (κ1) is 10.8. The molecule has 2 rings (SSSR count). The molecule has 0 bridgehead atoms. The molecule has 1 aromatic carbocycles. The van der Waals surface area contributed by atoms with Gasteiger partial charge in [0.1, 0.15) is 6.07 Å². The molecule has 1 aliphatic rings. The summed E-state index contributed by atoms with van der Waals surface area (Å²) < 4.78 is 0. The number of hydrogen-bond acceptors (Lipinski definition) is 2. The maximum atomic E-state index is 11.4. The van der Waals surface area contributed by atoms with E-state index >= 15 is 0 Å². The zero-order valence-electron chi connectivity index (χ0n) is 8.46. The average molecular weight is 236 g/mol. The number of hydrogen-bond donors (Lipinski definition) is 2. The molecule has 0 aliphatic heterocycles. The van der Waals surface area contributed by atoms with Crippen LogP contribution in [0.4, 0.5) is 10.5 Å². The molecular formula is C11H10ClN3O. The lowest BCUT2D eigenvalue weighted by atomic mass is 10.2. The van der Waals surface area contributed by atoms with Crippen molar-refractivity contribution in [1.82, 2.24) is 5.32 Å². The molecule has 1 fully saturated rings. The van der Waals surface area contributed by atoms with Crippen LogP contribution in [0.3, 0.4) is 0 Å². The van der Waals surface area contributed by atoms with E-state index < -0.39 is 0 Å². The fourth-order valence-corrected chi connectivity index (χ4v) is 1.49. The zero-order valence-corrected chi connectivity index (χ0v) is 9.21. The molecular weight excluding hydrogens is 226 g/mol. The van der Waals surface area contributed by atoms with E-state index in [2.05, 4.69) is 10.6 Å². The molecule has 0 unspecified atom stereocenters. The largest absolute Gasteiger partial charge is 0.335 e. The standard InChI is InChI=1S/C11H10ClN3O/c12-10-5-9(2-1-7(10)6-13)15-11(16)14-8-3-4-8/h1-2,5,8H,3-4H2,(H2,14,15,16). The Kier molecular flexibility index (Phi) is 2.97. The van der Waals surface area contributed by atoms with E-state index in [1.165, 1.54) is 0 Å².